The second-order valence-electron chi connectivity index (χ2n) is 4.91. The molecule has 17 heavy (non-hydrogen) atoms. The number of anilines is 1. The number of pyridine rings is 1. The zero-order chi connectivity index (χ0) is 11.7. The minimum atomic E-state index is 0.643. The summed E-state index contributed by atoms with van der Waals surface area (Å²) in [4.78, 5) is 4.34. The van der Waals surface area contributed by atoms with Gasteiger partial charge < -0.3 is 5.32 Å². The highest BCUT2D eigenvalue weighted by atomic mass is 14.9. The minimum Gasteiger partial charge on any atom is -0.382 e. The summed E-state index contributed by atoms with van der Waals surface area (Å²) in [6.07, 6.45) is 5.82. The first-order chi connectivity index (χ1) is 8.36. The van der Waals surface area contributed by atoms with Gasteiger partial charge in [-0.2, -0.15) is 0 Å². The van der Waals surface area contributed by atoms with Gasteiger partial charge in [-0.15, -0.1) is 0 Å². The Morgan fingerprint density at radius 1 is 1.35 bits per heavy atom. The lowest BCUT2D eigenvalue weighted by atomic mass is 10.1. The molecule has 2 aromatic rings. The molecular weight excluding hydrogens is 208 g/mol. The van der Waals surface area contributed by atoms with Crippen LogP contribution in [0.25, 0.3) is 10.9 Å². The molecule has 1 unspecified atom stereocenters. The van der Waals surface area contributed by atoms with E-state index >= 15 is 0 Å². The summed E-state index contributed by atoms with van der Waals surface area (Å²) >= 11 is 0. The smallest absolute Gasteiger partial charge is 0.0703 e. The molecule has 0 bridgehead atoms. The Balaban J connectivity index is 1.84. The zero-order valence-electron chi connectivity index (χ0n) is 10.2. The molecule has 1 heterocycles. The Labute approximate surface area is 102 Å². The molecule has 1 aromatic carbocycles. The lowest BCUT2D eigenvalue weighted by molar-refractivity contribution is 0.617. The number of aromatic nitrogens is 1. The van der Waals surface area contributed by atoms with Gasteiger partial charge in [-0.25, -0.2) is 0 Å². The first-order valence-electron chi connectivity index (χ1n) is 6.48. The van der Waals surface area contributed by atoms with Crippen molar-refractivity contribution in [2.24, 2.45) is 5.92 Å². The molecule has 1 N–H and O–H groups in total. The Morgan fingerprint density at radius 2 is 2.24 bits per heavy atom. The summed E-state index contributed by atoms with van der Waals surface area (Å²) < 4.78 is 0. The molecule has 1 aliphatic carbocycles. The third kappa shape index (κ3) is 2.26. The lowest BCUT2D eigenvalue weighted by Crippen LogP contribution is -2.20. The first-order valence-corrected chi connectivity index (χ1v) is 6.48. The van der Waals surface area contributed by atoms with Gasteiger partial charge in [0.25, 0.3) is 0 Å². The van der Waals surface area contributed by atoms with Gasteiger partial charge in [0.1, 0.15) is 0 Å². The number of benzene rings is 1. The van der Waals surface area contributed by atoms with E-state index in [1.165, 1.54) is 30.3 Å². The van der Waals surface area contributed by atoms with Crippen molar-refractivity contribution in [3.63, 3.8) is 0 Å². The molecule has 1 saturated carbocycles. The highest BCUT2D eigenvalue weighted by Crippen LogP contribution is 2.35. The van der Waals surface area contributed by atoms with Gasteiger partial charge in [0.05, 0.1) is 5.52 Å². The Bertz CT molecular complexity index is 517. The van der Waals surface area contributed by atoms with Crippen LogP contribution >= 0.6 is 0 Å². The SMILES string of the molecule is CCC(Nc1ccc2ncccc2c1)C1CC1. The molecule has 0 amide bonds. The maximum Gasteiger partial charge on any atom is 0.0703 e. The van der Waals surface area contributed by atoms with Crippen molar-refractivity contribution in [2.75, 3.05) is 5.32 Å². The maximum atomic E-state index is 4.34. The van der Waals surface area contributed by atoms with Crippen molar-refractivity contribution in [2.45, 2.75) is 32.2 Å². The highest BCUT2D eigenvalue weighted by Gasteiger charge is 2.29. The predicted octanol–water partition coefficient (Wildman–Crippen LogP) is 3.84. The Kier molecular flexibility index (Phi) is 2.71. The van der Waals surface area contributed by atoms with Gasteiger partial charge in [0.15, 0.2) is 0 Å². The third-order valence-electron chi connectivity index (χ3n) is 3.59. The molecular formula is C15H18N2. The topological polar surface area (TPSA) is 24.9 Å². The van der Waals surface area contributed by atoms with Gasteiger partial charge in [-0.05, 0) is 49.4 Å². The second-order valence-corrected chi connectivity index (χ2v) is 4.91. The predicted molar refractivity (Wildman–Crippen MR) is 72.2 cm³/mol. The van der Waals surface area contributed by atoms with E-state index in [4.69, 9.17) is 0 Å². The third-order valence-corrected chi connectivity index (χ3v) is 3.59. The molecule has 1 atom stereocenters. The van der Waals surface area contributed by atoms with Gasteiger partial charge >= 0.3 is 0 Å². The number of hydrogen-bond acceptors (Lipinski definition) is 2. The van der Waals surface area contributed by atoms with E-state index in [1.54, 1.807) is 0 Å². The van der Waals surface area contributed by atoms with Crippen LogP contribution in [0.2, 0.25) is 0 Å². The summed E-state index contributed by atoms with van der Waals surface area (Å²) in [5.74, 6) is 0.893. The van der Waals surface area contributed by atoms with Crippen molar-refractivity contribution in [1.82, 2.24) is 4.98 Å². The number of nitrogens with one attached hydrogen (secondary N) is 1. The summed E-state index contributed by atoms with van der Waals surface area (Å²) in [6, 6.07) is 11.2. The molecule has 0 radical (unpaired) electrons. The van der Waals surface area contributed by atoms with Gasteiger partial charge in [0, 0.05) is 23.3 Å². The molecule has 0 saturated heterocycles. The molecule has 88 valence electrons. The van der Waals surface area contributed by atoms with Crippen LogP contribution < -0.4 is 5.32 Å². The van der Waals surface area contributed by atoms with Crippen molar-refractivity contribution < 1.29 is 0 Å². The van der Waals surface area contributed by atoms with Crippen LogP contribution in [0, 0.1) is 5.92 Å². The Hall–Kier alpha value is -1.57. The second kappa shape index (κ2) is 4.36. The number of rotatable bonds is 4. The van der Waals surface area contributed by atoms with Crippen LogP contribution in [0.1, 0.15) is 26.2 Å². The van der Waals surface area contributed by atoms with Crippen LogP contribution in [0.3, 0.4) is 0 Å². The van der Waals surface area contributed by atoms with Crippen LogP contribution in [0.5, 0.6) is 0 Å². The van der Waals surface area contributed by atoms with E-state index in [1.807, 2.05) is 12.3 Å². The fourth-order valence-corrected chi connectivity index (χ4v) is 2.43. The molecule has 1 aromatic heterocycles. The van der Waals surface area contributed by atoms with E-state index in [0.29, 0.717) is 6.04 Å². The van der Waals surface area contributed by atoms with E-state index < -0.39 is 0 Å². The highest BCUT2D eigenvalue weighted by molar-refractivity contribution is 5.82. The number of nitrogens with zero attached hydrogens (tertiary/aromatic N) is 1. The largest absolute Gasteiger partial charge is 0.382 e. The molecule has 0 spiro atoms. The van der Waals surface area contributed by atoms with Crippen molar-refractivity contribution >= 4 is 16.6 Å². The summed E-state index contributed by atoms with van der Waals surface area (Å²) in [6.45, 7) is 2.26. The monoisotopic (exact) mass is 226 g/mol. The minimum absolute atomic E-state index is 0.643. The van der Waals surface area contributed by atoms with E-state index in [0.717, 1.165) is 11.4 Å². The van der Waals surface area contributed by atoms with Crippen LogP contribution in [-0.2, 0) is 0 Å². The summed E-state index contributed by atoms with van der Waals surface area (Å²) in [5, 5.41) is 4.87. The van der Waals surface area contributed by atoms with Gasteiger partial charge in [-0.3, -0.25) is 4.98 Å². The maximum absolute atomic E-state index is 4.34. The fraction of sp³-hybridized carbons (Fsp3) is 0.400. The van der Waals surface area contributed by atoms with Gasteiger partial charge in [0.2, 0.25) is 0 Å². The quantitative estimate of drug-likeness (QED) is 0.856. The van der Waals surface area contributed by atoms with Crippen molar-refractivity contribution in [1.29, 1.82) is 0 Å². The average molecular weight is 226 g/mol. The zero-order valence-corrected chi connectivity index (χ0v) is 10.2. The van der Waals surface area contributed by atoms with Gasteiger partial charge in [-0.1, -0.05) is 13.0 Å². The van der Waals surface area contributed by atoms with Crippen molar-refractivity contribution in [3.8, 4) is 0 Å². The molecule has 3 rings (SSSR count). The number of hydrogen-bond donors (Lipinski definition) is 1. The van der Waals surface area contributed by atoms with E-state index in [-0.39, 0.29) is 0 Å². The molecule has 1 aliphatic rings. The van der Waals surface area contributed by atoms with E-state index in [2.05, 4.69) is 41.5 Å². The summed E-state index contributed by atoms with van der Waals surface area (Å²) in [7, 11) is 0. The average Bonchev–Trinajstić information content (AvgIpc) is 3.20. The Morgan fingerprint density at radius 3 is 3.00 bits per heavy atom. The standard InChI is InChI=1S/C15H18N2/c1-2-14(11-5-6-11)17-13-7-8-15-12(10-13)4-3-9-16-15/h3-4,7-11,14,17H,2,5-6H2,1H3. The molecule has 2 heteroatoms. The van der Waals surface area contributed by atoms with Crippen LogP contribution in [-0.4, -0.2) is 11.0 Å². The van der Waals surface area contributed by atoms with Crippen LogP contribution in [0.4, 0.5) is 5.69 Å². The normalized spacial score (nSPS) is 17.0. The fourth-order valence-electron chi connectivity index (χ4n) is 2.43. The number of fused-ring (bicyclic) bond motifs is 1. The molecule has 2 nitrogen and oxygen atoms in total. The molecule has 0 aliphatic heterocycles. The van der Waals surface area contributed by atoms with Crippen molar-refractivity contribution in [3.05, 3.63) is 36.5 Å². The van der Waals surface area contributed by atoms with E-state index in [9.17, 15) is 0 Å². The summed E-state index contributed by atoms with van der Waals surface area (Å²) in [5.41, 5.74) is 2.29. The first kappa shape index (κ1) is 10.6. The lowest BCUT2D eigenvalue weighted by Gasteiger charge is -2.17. The van der Waals surface area contributed by atoms with Crippen LogP contribution in [0.15, 0.2) is 36.5 Å². The molecule has 1 fully saturated rings.